The third-order valence-electron chi connectivity index (χ3n) is 2.85. The summed E-state index contributed by atoms with van der Waals surface area (Å²) in [6.07, 6.45) is 0. The van der Waals surface area contributed by atoms with Crippen LogP contribution in [0.3, 0.4) is 0 Å². The summed E-state index contributed by atoms with van der Waals surface area (Å²) >= 11 is 0. The molecule has 1 nitrogen and oxygen atoms in total. The smallest absolute Gasteiger partial charge is 0.128 e. The number of halogens is 3. The van der Waals surface area contributed by atoms with Gasteiger partial charge in [-0.2, -0.15) is 0 Å². The van der Waals surface area contributed by atoms with Gasteiger partial charge < -0.3 is 5.73 Å². The standard InChI is InChI=1S/C14H12F3N/c1-8-2-3-9(6-13(8)17)14(18)11-7-10(15)4-5-12(11)16/h2-7,14H,18H2,1H3. The fraction of sp³-hybridized carbons (Fsp3) is 0.143. The third-order valence-corrected chi connectivity index (χ3v) is 2.85. The molecule has 0 radical (unpaired) electrons. The van der Waals surface area contributed by atoms with E-state index in [2.05, 4.69) is 0 Å². The number of hydrogen-bond donors (Lipinski definition) is 1. The van der Waals surface area contributed by atoms with Gasteiger partial charge in [0, 0.05) is 5.56 Å². The molecule has 0 fully saturated rings. The topological polar surface area (TPSA) is 26.0 Å². The number of benzene rings is 2. The van der Waals surface area contributed by atoms with Gasteiger partial charge in [0.25, 0.3) is 0 Å². The van der Waals surface area contributed by atoms with Gasteiger partial charge in [0.15, 0.2) is 0 Å². The van der Waals surface area contributed by atoms with E-state index in [0.29, 0.717) is 11.1 Å². The summed E-state index contributed by atoms with van der Waals surface area (Å²) in [5.74, 6) is -1.60. The van der Waals surface area contributed by atoms with E-state index >= 15 is 0 Å². The van der Waals surface area contributed by atoms with E-state index in [-0.39, 0.29) is 5.56 Å². The van der Waals surface area contributed by atoms with Gasteiger partial charge in [0.1, 0.15) is 17.5 Å². The minimum Gasteiger partial charge on any atom is -0.320 e. The van der Waals surface area contributed by atoms with Crippen molar-refractivity contribution in [1.29, 1.82) is 0 Å². The fourth-order valence-electron chi connectivity index (χ4n) is 1.74. The zero-order valence-corrected chi connectivity index (χ0v) is 9.75. The summed E-state index contributed by atoms with van der Waals surface area (Å²) in [6.45, 7) is 1.62. The van der Waals surface area contributed by atoms with Crippen molar-refractivity contribution >= 4 is 0 Å². The van der Waals surface area contributed by atoms with Crippen molar-refractivity contribution in [2.75, 3.05) is 0 Å². The molecule has 0 heterocycles. The molecule has 0 spiro atoms. The van der Waals surface area contributed by atoms with Crippen LogP contribution in [-0.2, 0) is 0 Å². The maximum atomic E-state index is 13.5. The van der Waals surface area contributed by atoms with Crippen LogP contribution in [0, 0.1) is 24.4 Å². The highest BCUT2D eigenvalue weighted by molar-refractivity contribution is 5.34. The molecule has 0 saturated heterocycles. The first-order valence-electron chi connectivity index (χ1n) is 5.45. The van der Waals surface area contributed by atoms with Crippen molar-refractivity contribution < 1.29 is 13.2 Å². The number of hydrogen-bond acceptors (Lipinski definition) is 1. The highest BCUT2D eigenvalue weighted by Gasteiger charge is 2.15. The molecule has 1 unspecified atom stereocenters. The van der Waals surface area contributed by atoms with Crippen LogP contribution in [0.1, 0.15) is 22.7 Å². The molecule has 1 atom stereocenters. The summed E-state index contributed by atoms with van der Waals surface area (Å²) in [4.78, 5) is 0. The van der Waals surface area contributed by atoms with E-state index in [0.717, 1.165) is 18.2 Å². The maximum Gasteiger partial charge on any atom is 0.128 e. The first-order chi connectivity index (χ1) is 8.49. The average Bonchev–Trinajstić information content (AvgIpc) is 2.35. The van der Waals surface area contributed by atoms with E-state index in [1.807, 2.05) is 0 Å². The Morgan fingerprint density at radius 1 is 0.944 bits per heavy atom. The molecule has 94 valence electrons. The normalized spacial score (nSPS) is 12.5. The Morgan fingerprint density at radius 3 is 2.33 bits per heavy atom. The van der Waals surface area contributed by atoms with Crippen LogP contribution in [-0.4, -0.2) is 0 Å². The van der Waals surface area contributed by atoms with Crippen LogP contribution in [0.2, 0.25) is 0 Å². The average molecular weight is 251 g/mol. The monoisotopic (exact) mass is 251 g/mol. The van der Waals surface area contributed by atoms with Crippen LogP contribution in [0.25, 0.3) is 0 Å². The lowest BCUT2D eigenvalue weighted by Gasteiger charge is -2.14. The zero-order valence-electron chi connectivity index (χ0n) is 9.75. The van der Waals surface area contributed by atoms with Crippen LogP contribution in [0.15, 0.2) is 36.4 Å². The predicted molar refractivity (Wildman–Crippen MR) is 63.5 cm³/mol. The van der Waals surface area contributed by atoms with Crippen molar-refractivity contribution in [2.45, 2.75) is 13.0 Å². The molecule has 4 heteroatoms. The molecule has 0 bridgehead atoms. The molecule has 0 aliphatic heterocycles. The van der Waals surface area contributed by atoms with Crippen LogP contribution in [0.4, 0.5) is 13.2 Å². The van der Waals surface area contributed by atoms with Gasteiger partial charge in [0.2, 0.25) is 0 Å². The molecule has 2 N–H and O–H groups in total. The minimum atomic E-state index is -0.893. The van der Waals surface area contributed by atoms with Gasteiger partial charge in [-0.05, 0) is 42.3 Å². The Bertz CT molecular complexity index is 581. The quantitative estimate of drug-likeness (QED) is 0.869. The Hall–Kier alpha value is -1.81. The molecule has 0 aromatic heterocycles. The van der Waals surface area contributed by atoms with Gasteiger partial charge in [-0.3, -0.25) is 0 Å². The molecule has 2 rings (SSSR count). The van der Waals surface area contributed by atoms with E-state index in [4.69, 9.17) is 5.73 Å². The zero-order chi connectivity index (χ0) is 13.3. The summed E-state index contributed by atoms with van der Waals surface area (Å²) in [5, 5.41) is 0. The number of aryl methyl sites for hydroxylation is 1. The van der Waals surface area contributed by atoms with Gasteiger partial charge in [-0.15, -0.1) is 0 Å². The lowest BCUT2D eigenvalue weighted by molar-refractivity contribution is 0.574. The molecular formula is C14H12F3N. The Kier molecular flexibility index (Phi) is 3.39. The van der Waals surface area contributed by atoms with E-state index in [1.165, 1.54) is 6.07 Å². The minimum absolute atomic E-state index is 0.0123. The molecular weight excluding hydrogens is 239 g/mol. The second-order valence-corrected chi connectivity index (χ2v) is 4.15. The number of nitrogens with two attached hydrogens (primary N) is 1. The molecule has 0 amide bonds. The van der Waals surface area contributed by atoms with Crippen molar-refractivity contribution in [3.63, 3.8) is 0 Å². The molecule has 2 aromatic rings. The second-order valence-electron chi connectivity index (χ2n) is 4.15. The van der Waals surface area contributed by atoms with Crippen molar-refractivity contribution in [1.82, 2.24) is 0 Å². The molecule has 0 aliphatic carbocycles. The third kappa shape index (κ3) is 2.38. The maximum absolute atomic E-state index is 13.5. The van der Waals surface area contributed by atoms with Crippen LogP contribution < -0.4 is 5.73 Å². The molecule has 2 aromatic carbocycles. The highest BCUT2D eigenvalue weighted by Crippen LogP contribution is 2.24. The molecule has 0 aliphatic rings. The first kappa shape index (κ1) is 12.6. The SMILES string of the molecule is Cc1ccc(C(N)c2cc(F)ccc2F)cc1F. The predicted octanol–water partition coefficient (Wildman–Crippen LogP) is 3.46. The van der Waals surface area contributed by atoms with Gasteiger partial charge in [-0.1, -0.05) is 12.1 Å². The largest absolute Gasteiger partial charge is 0.320 e. The Balaban J connectivity index is 2.44. The highest BCUT2D eigenvalue weighted by atomic mass is 19.1. The summed E-state index contributed by atoms with van der Waals surface area (Å²) in [6, 6.07) is 6.56. The Labute approximate surface area is 103 Å². The van der Waals surface area contributed by atoms with E-state index in [9.17, 15) is 13.2 Å². The van der Waals surface area contributed by atoms with Crippen molar-refractivity contribution in [3.8, 4) is 0 Å². The Morgan fingerprint density at radius 2 is 1.67 bits per heavy atom. The van der Waals surface area contributed by atoms with Gasteiger partial charge >= 0.3 is 0 Å². The van der Waals surface area contributed by atoms with E-state index < -0.39 is 23.5 Å². The van der Waals surface area contributed by atoms with E-state index in [1.54, 1.807) is 19.1 Å². The van der Waals surface area contributed by atoms with Gasteiger partial charge in [-0.25, -0.2) is 13.2 Å². The number of rotatable bonds is 2. The fourth-order valence-corrected chi connectivity index (χ4v) is 1.74. The lowest BCUT2D eigenvalue weighted by atomic mass is 9.98. The van der Waals surface area contributed by atoms with Crippen molar-refractivity contribution in [3.05, 3.63) is 70.5 Å². The summed E-state index contributed by atoms with van der Waals surface area (Å²) < 4.78 is 40.0. The lowest BCUT2D eigenvalue weighted by Crippen LogP contribution is -2.14. The summed E-state index contributed by atoms with van der Waals surface area (Å²) in [5.41, 5.74) is 6.73. The first-order valence-corrected chi connectivity index (χ1v) is 5.45. The molecule has 0 saturated carbocycles. The van der Waals surface area contributed by atoms with Gasteiger partial charge in [0.05, 0.1) is 6.04 Å². The second kappa shape index (κ2) is 4.82. The van der Waals surface area contributed by atoms with Crippen LogP contribution in [0.5, 0.6) is 0 Å². The summed E-state index contributed by atoms with van der Waals surface area (Å²) in [7, 11) is 0. The van der Waals surface area contributed by atoms with Crippen molar-refractivity contribution in [2.24, 2.45) is 5.73 Å². The van der Waals surface area contributed by atoms with Crippen LogP contribution >= 0.6 is 0 Å². The molecule has 18 heavy (non-hydrogen) atoms.